The predicted molar refractivity (Wildman–Crippen MR) is 154 cm³/mol. The first-order valence-electron chi connectivity index (χ1n) is 12.2. The molecule has 0 radical (unpaired) electrons. The average Bonchev–Trinajstić information content (AvgIpc) is 3.60. The molecule has 0 spiro atoms. The van der Waals surface area contributed by atoms with Crippen molar-refractivity contribution < 1.29 is 0 Å². The smallest absolute Gasteiger partial charge is 0.266 e. The van der Waals surface area contributed by atoms with Crippen LogP contribution in [0, 0.1) is 0 Å². The maximum absolute atomic E-state index is 13.3. The van der Waals surface area contributed by atoms with Crippen molar-refractivity contribution in [3.05, 3.63) is 116 Å². The van der Waals surface area contributed by atoms with Gasteiger partial charge in [-0.1, -0.05) is 98.3 Å². The van der Waals surface area contributed by atoms with Crippen LogP contribution in [0.25, 0.3) is 39.4 Å². The summed E-state index contributed by atoms with van der Waals surface area (Å²) in [5.41, 5.74) is 5.37. The number of hydrogen-bond acceptors (Lipinski definition) is 5. The Kier molecular flexibility index (Phi) is 5.97. The first-order valence-corrected chi connectivity index (χ1v) is 13.4. The molecule has 0 saturated carbocycles. The molecule has 6 rings (SSSR count). The third-order valence-corrected chi connectivity index (χ3v) is 7.57. The Labute approximate surface area is 228 Å². The highest BCUT2D eigenvalue weighted by Gasteiger charge is 2.17. The molecule has 38 heavy (non-hydrogen) atoms. The number of hydrogen-bond donors (Lipinski definition) is 0. The fourth-order valence-corrected chi connectivity index (χ4v) is 5.28. The molecule has 3 aromatic carbocycles. The number of thiazole rings is 1. The Hall–Kier alpha value is -4.07. The van der Waals surface area contributed by atoms with Gasteiger partial charge in [0.25, 0.3) is 5.56 Å². The average molecular weight is 538 g/mol. The molecule has 188 valence electrons. The van der Waals surface area contributed by atoms with E-state index in [9.17, 15) is 4.79 Å². The quantitative estimate of drug-likeness (QED) is 0.270. The lowest BCUT2D eigenvalue weighted by atomic mass is 9.87. The monoisotopic (exact) mass is 537 g/mol. The Balaban J connectivity index is 1.43. The predicted octanol–water partition coefficient (Wildman–Crippen LogP) is 6.17. The highest BCUT2D eigenvalue weighted by atomic mass is 35.5. The molecule has 0 aliphatic carbocycles. The van der Waals surface area contributed by atoms with Crippen molar-refractivity contribution in [3.63, 3.8) is 0 Å². The molecule has 3 heterocycles. The third-order valence-electron chi connectivity index (χ3n) is 6.36. The summed E-state index contributed by atoms with van der Waals surface area (Å²) in [7, 11) is 0. The van der Waals surface area contributed by atoms with E-state index in [0.29, 0.717) is 20.3 Å². The van der Waals surface area contributed by atoms with Gasteiger partial charge in [-0.05, 0) is 41.3 Å². The zero-order valence-electron chi connectivity index (χ0n) is 21.1. The summed E-state index contributed by atoms with van der Waals surface area (Å²) in [6.45, 7) is 6.53. The second kappa shape index (κ2) is 9.35. The minimum absolute atomic E-state index is 0.0621. The van der Waals surface area contributed by atoms with Crippen molar-refractivity contribution in [2.24, 2.45) is 0 Å². The Morgan fingerprint density at radius 1 is 0.868 bits per heavy atom. The Morgan fingerprint density at radius 2 is 1.55 bits per heavy atom. The van der Waals surface area contributed by atoms with E-state index < -0.39 is 0 Å². The molecule has 3 aromatic heterocycles. The number of fused-ring (bicyclic) bond motifs is 1. The number of nitrogens with zero attached hydrogens (tertiary/aromatic N) is 5. The number of aromatic nitrogens is 5. The normalized spacial score (nSPS) is 12.5. The van der Waals surface area contributed by atoms with E-state index in [1.807, 2.05) is 83.7 Å². The van der Waals surface area contributed by atoms with Crippen molar-refractivity contribution in [1.82, 2.24) is 24.4 Å². The molecule has 0 bridgehead atoms. The van der Waals surface area contributed by atoms with E-state index >= 15 is 0 Å². The number of rotatable bonds is 4. The van der Waals surface area contributed by atoms with Gasteiger partial charge in [0.1, 0.15) is 5.69 Å². The fraction of sp³-hybridized carbons (Fsp3) is 0.133. The summed E-state index contributed by atoms with van der Waals surface area (Å²) in [4.78, 5) is 18.5. The molecular formula is C30H24ClN5OS. The number of para-hydroxylation sites is 1. The highest BCUT2D eigenvalue weighted by Crippen LogP contribution is 2.27. The van der Waals surface area contributed by atoms with Crippen molar-refractivity contribution in [3.8, 4) is 28.3 Å². The lowest BCUT2D eigenvalue weighted by Gasteiger charge is -2.18. The summed E-state index contributed by atoms with van der Waals surface area (Å²) in [5.74, 6) is 0.541. The number of halogens is 1. The summed E-state index contributed by atoms with van der Waals surface area (Å²) >= 11 is 7.43. The van der Waals surface area contributed by atoms with Gasteiger partial charge in [-0.2, -0.15) is 14.6 Å². The molecule has 0 fully saturated rings. The van der Waals surface area contributed by atoms with Gasteiger partial charge in [-0.3, -0.25) is 4.79 Å². The standard InChI is InChI=1S/C30H24ClN5OS/c1-30(2,3)22-13-9-20(10-14-22)27-32-29-36(34-27)28(37)25(38-29)17-21-18-35(24-7-5-4-6-8-24)33-26(21)19-11-15-23(31)16-12-19/h4-18H,1-3H3. The van der Waals surface area contributed by atoms with E-state index in [4.69, 9.17) is 16.7 Å². The molecule has 0 saturated heterocycles. The molecule has 6 nitrogen and oxygen atoms in total. The maximum Gasteiger partial charge on any atom is 0.291 e. The largest absolute Gasteiger partial charge is 0.291 e. The van der Waals surface area contributed by atoms with Crippen LogP contribution in [0.15, 0.2) is 89.9 Å². The van der Waals surface area contributed by atoms with Gasteiger partial charge in [0.15, 0.2) is 5.82 Å². The van der Waals surface area contributed by atoms with Gasteiger partial charge in [-0.25, -0.2) is 4.68 Å². The van der Waals surface area contributed by atoms with Gasteiger partial charge in [0.2, 0.25) is 4.96 Å². The molecule has 8 heteroatoms. The van der Waals surface area contributed by atoms with E-state index in [2.05, 4.69) is 43.0 Å². The zero-order valence-corrected chi connectivity index (χ0v) is 22.7. The van der Waals surface area contributed by atoms with E-state index in [1.165, 1.54) is 21.4 Å². The van der Waals surface area contributed by atoms with E-state index in [-0.39, 0.29) is 11.0 Å². The van der Waals surface area contributed by atoms with Gasteiger partial charge in [-0.15, -0.1) is 5.10 Å². The van der Waals surface area contributed by atoms with Crippen molar-refractivity contribution in [2.45, 2.75) is 26.2 Å². The highest BCUT2D eigenvalue weighted by molar-refractivity contribution is 7.15. The molecule has 6 aromatic rings. The second-order valence-electron chi connectivity index (χ2n) is 10.1. The van der Waals surface area contributed by atoms with Crippen LogP contribution in [0.1, 0.15) is 31.9 Å². The van der Waals surface area contributed by atoms with Gasteiger partial charge < -0.3 is 0 Å². The lowest BCUT2D eigenvalue weighted by molar-refractivity contribution is 0.590. The Bertz CT molecular complexity index is 1860. The molecule has 0 atom stereocenters. The molecular weight excluding hydrogens is 514 g/mol. The molecule has 0 unspecified atom stereocenters. The van der Waals surface area contributed by atoms with Crippen LogP contribution in [0.5, 0.6) is 0 Å². The van der Waals surface area contributed by atoms with E-state index in [0.717, 1.165) is 28.1 Å². The van der Waals surface area contributed by atoms with Gasteiger partial charge >= 0.3 is 0 Å². The van der Waals surface area contributed by atoms with Crippen LogP contribution in [-0.2, 0) is 5.41 Å². The SMILES string of the molecule is CC(C)(C)c1ccc(-c2nc3sc(=Cc4cn(-c5ccccc5)nc4-c4ccc(Cl)cc4)c(=O)n3n2)cc1. The van der Waals surface area contributed by atoms with Crippen LogP contribution in [0.4, 0.5) is 0 Å². The zero-order chi connectivity index (χ0) is 26.4. The fourth-order valence-electron chi connectivity index (χ4n) is 4.25. The van der Waals surface area contributed by atoms with Crippen LogP contribution < -0.4 is 10.1 Å². The second-order valence-corrected chi connectivity index (χ2v) is 11.5. The van der Waals surface area contributed by atoms with Crippen LogP contribution in [0.2, 0.25) is 5.02 Å². The van der Waals surface area contributed by atoms with Crippen molar-refractivity contribution in [1.29, 1.82) is 0 Å². The summed E-state index contributed by atoms with van der Waals surface area (Å²) in [5, 5.41) is 10.0. The summed E-state index contributed by atoms with van der Waals surface area (Å²) < 4.78 is 3.74. The van der Waals surface area contributed by atoms with Crippen LogP contribution >= 0.6 is 22.9 Å². The van der Waals surface area contributed by atoms with Crippen LogP contribution in [-0.4, -0.2) is 24.4 Å². The minimum atomic E-state index is -0.204. The molecule has 0 amide bonds. The van der Waals surface area contributed by atoms with Crippen molar-refractivity contribution in [2.75, 3.05) is 0 Å². The Morgan fingerprint density at radius 3 is 2.21 bits per heavy atom. The first kappa shape index (κ1) is 24.3. The minimum Gasteiger partial charge on any atom is -0.266 e. The van der Waals surface area contributed by atoms with Gasteiger partial charge in [0, 0.05) is 27.9 Å². The van der Waals surface area contributed by atoms with Crippen LogP contribution in [0.3, 0.4) is 0 Å². The summed E-state index contributed by atoms with van der Waals surface area (Å²) in [6.07, 6.45) is 3.79. The third kappa shape index (κ3) is 4.55. The molecule has 0 N–H and O–H groups in total. The topological polar surface area (TPSA) is 65.1 Å². The maximum atomic E-state index is 13.3. The molecule has 0 aliphatic heterocycles. The van der Waals surface area contributed by atoms with Crippen molar-refractivity contribution >= 4 is 34.0 Å². The van der Waals surface area contributed by atoms with Gasteiger partial charge in [0.05, 0.1) is 10.2 Å². The van der Waals surface area contributed by atoms with E-state index in [1.54, 1.807) is 0 Å². The summed E-state index contributed by atoms with van der Waals surface area (Å²) in [6, 6.07) is 25.6. The lowest BCUT2D eigenvalue weighted by Crippen LogP contribution is -2.23. The number of benzene rings is 3. The first-order chi connectivity index (χ1) is 18.3. The molecule has 0 aliphatic rings.